The van der Waals surface area contributed by atoms with Crippen molar-refractivity contribution in [3.05, 3.63) is 77.1 Å². The van der Waals surface area contributed by atoms with Gasteiger partial charge in [-0.3, -0.25) is 4.79 Å². The number of carbonyl (C=O) groups is 1. The van der Waals surface area contributed by atoms with Gasteiger partial charge in [0.15, 0.2) is 4.80 Å². The number of aromatic nitrogens is 1. The zero-order valence-electron chi connectivity index (χ0n) is 16.4. The van der Waals surface area contributed by atoms with Crippen LogP contribution in [0.3, 0.4) is 0 Å². The summed E-state index contributed by atoms with van der Waals surface area (Å²) in [6.07, 6.45) is 0. The van der Waals surface area contributed by atoms with Crippen LogP contribution < -0.4 is 14.3 Å². The van der Waals surface area contributed by atoms with E-state index in [1.807, 2.05) is 78.3 Å². The zero-order valence-corrected chi connectivity index (χ0v) is 17.2. The van der Waals surface area contributed by atoms with Crippen LogP contribution >= 0.6 is 11.3 Å². The van der Waals surface area contributed by atoms with Crippen molar-refractivity contribution in [2.24, 2.45) is 12.0 Å². The van der Waals surface area contributed by atoms with Crippen LogP contribution in [0.2, 0.25) is 0 Å². The summed E-state index contributed by atoms with van der Waals surface area (Å²) >= 11 is 1.40. The Hall–Kier alpha value is -3.38. The average Bonchev–Trinajstić information content (AvgIpc) is 3.10. The first kappa shape index (κ1) is 19.0. The van der Waals surface area contributed by atoms with Gasteiger partial charge in [0, 0.05) is 12.6 Å². The van der Waals surface area contributed by atoms with Crippen LogP contribution in [-0.2, 0) is 7.05 Å². The second kappa shape index (κ2) is 7.93. The lowest BCUT2D eigenvalue weighted by molar-refractivity contribution is 0.0998. The molecule has 0 unspecified atom stereocenters. The summed E-state index contributed by atoms with van der Waals surface area (Å²) in [6.45, 7) is 0. The summed E-state index contributed by atoms with van der Waals surface area (Å²) in [5, 5.41) is 0. The van der Waals surface area contributed by atoms with E-state index in [-0.39, 0.29) is 5.91 Å². The Labute approximate surface area is 172 Å². The number of ether oxygens (including phenoxy) is 2. The van der Waals surface area contributed by atoms with Crippen LogP contribution in [0.25, 0.3) is 21.3 Å². The highest BCUT2D eigenvalue weighted by atomic mass is 32.1. The molecule has 0 aliphatic rings. The second-order valence-corrected chi connectivity index (χ2v) is 7.43. The Morgan fingerprint density at radius 1 is 0.862 bits per heavy atom. The predicted octanol–water partition coefficient (Wildman–Crippen LogP) is 4.67. The van der Waals surface area contributed by atoms with Gasteiger partial charge < -0.3 is 14.0 Å². The zero-order chi connectivity index (χ0) is 20.4. The van der Waals surface area contributed by atoms with Crippen molar-refractivity contribution in [1.82, 2.24) is 4.57 Å². The van der Waals surface area contributed by atoms with Crippen molar-refractivity contribution in [2.45, 2.75) is 0 Å². The molecule has 0 saturated carbocycles. The summed E-state index contributed by atoms with van der Waals surface area (Å²) in [5.74, 6) is 1.15. The highest BCUT2D eigenvalue weighted by Gasteiger charge is 2.14. The van der Waals surface area contributed by atoms with Gasteiger partial charge in [0.1, 0.15) is 21.7 Å². The van der Waals surface area contributed by atoms with Crippen LogP contribution in [-0.4, -0.2) is 24.7 Å². The van der Waals surface area contributed by atoms with Crippen molar-refractivity contribution in [1.29, 1.82) is 0 Å². The van der Waals surface area contributed by atoms with Crippen molar-refractivity contribution in [3.63, 3.8) is 0 Å². The first-order valence-electron chi connectivity index (χ1n) is 9.07. The third-order valence-corrected chi connectivity index (χ3v) is 5.90. The number of fused-ring (bicyclic) bond motifs is 1. The van der Waals surface area contributed by atoms with Crippen molar-refractivity contribution >= 4 is 27.5 Å². The number of amides is 1. The number of thiazole rings is 1. The lowest BCUT2D eigenvalue weighted by atomic mass is 10.0. The third kappa shape index (κ3) is 3.54. The summed E-state index contributed by atoms with van der Waals surface area (Å²) in [7, 11) is 5.11. The molecule has 3 aromatic carbocycles. The van der Waals surface area contributed by atoms with E-state index in [4.69, 9.17) is 9.47 Å². The molecule has 6 heteroatoms. The number of nitrogens with zero attached hydrogens (tertiary/aromatic N) is 2. The Bertz CT molecular complexity index is 1240. The third-order valence-electron chi connectivity index (χ3n) is 4.75. The first-order chi connectivity index (χ1) is 14.1. The Morgan fingerprint density at radius 3 is 2.14 bits per heavy atom. The van der Waals surface area contributed by atoms with Gasteiger partial charge in [-0.2, -0.15) is 4.99 Å². The lowest BCUT2D eigenvalue weighted by Gasteiger charge is -2.06. The van der Waals surface area contributed by atoms with Crippen LogP contribution in [0.5, 0.6) is 11.5 Å². The van der Waals surface area contributed by atoms with Crippen molar-refractivity contribution in [3.8, 4) is 22.6 Å². The van der Waals surface area contributed by atoms with E-state index in [0.717, 1.165) is 27.1 Å². The predicted molar refractivity (Wildman–Crippen MR) is 116 cm³/mol. The molecule has 0 bridgehead atoms. The van der Waals surface area contributed by atoms with Crippen molar-refractivity contribution < 1.29 is 14.3 Å². The average molecular weight is 404 g/mol. The smallest absolute Gasteiger partial charge is 0.279 e. The highest BCUT2D eigenvalue weighted by Crippen LogP contribution is 2.34. The van der Waals surface area contributed by atoms with E-state index in [2.05, 4.69) is 4.99 Å². The lowest BCUT2D eigenvalue weighted by Crippen LogP contribution is -2.13. The van der Waals surface area contributed by atoms with Crippen molar-refractivity contribution in [2.75, 3.05) is 14.2 Å². The highest BCUT2D eigenvalue weighted by molar-refractivity contribution is 7.16. The van der Waals surface area contributed by atoms with Gasteiger partial charge in [0.05, 0.1) is 14.2 Å². The van der Waals surface area contributed by atoms with Gasteiger partial charge in [-0.1, -0.05) is 53.8 Å². The number of rotatable bonds is 4. The van der Waals surface area contributed by atoms with Gasteiger partial charge >= 0.3 is 0 Å². The number of hydrogen-bond donors (Lipinski definition) is 0. The molecule has 0 aliphatic carbocycles. The molecule has 4 aromatic rings. The molecule has 29 heavy (non-hydrogen) atoms. The fourth-order valence-electron chi connectivity index (χ4n) is 3.22. The molecule has 0 saturated heterocycles. The number of hydrogen-bond acceptors (Lipinski definition) is 4. The fourth-order valence-corrected chi connectivity index (χ4v) is 4.34. The number of aryl methyl sites for hydroxylation is 1. The molecule has 0 atom stereocenters. The first-order valence-corrected chi connectivity index (χ1v) is 9.89. The monoisotopic (exact) mass is 404 g/mol. The minimum absolute atomic E-state index is 0.287. The molecule has 1 heterocycles. The number of methoxy groups -OCH3 is 2. The fraction of sp³-hybridized carbons (Fsp3) is 0.130. The molecule has 146 valence electrons. The van der Waals surface area contributed by atoms with E-state index in [9.17, 15) is 4.79 Å². The van der Waals surface area contributed by atoms with Crippen LogP contribution in [0.4, 0.5) is 0 Å². The van der Waals surface area contributed by atoms with Crippen LogP contribution in [0.15, 0.2) is 71.7 Å². The van der Waals surface area contributed by atoms with E-state index in [1.165, 1.54) is 11.3 Å². The molecule has 1 aromatic heterocycles. The minimum atomic E-state index is -0.287. The quantitative estimate of drug-likeness (QED) is 0.497. The summed E-state index contributed by atoms with van der Waals surface area (Å²) in [4.78, 5) is 17.7. The molecule has 1 amide bonds. The maximum absolute atomic E-state index is 12.8. The maximum atomic E-state index is 12.8. The largest absolute Gasteiger partial charge is 0.495 e. The van der Waals surface area contributed by atoms with Gasteiger partial charge in [-0.15, -0.1) is 0 Å². The molecule has 0 fully saturated rings. The van der Waals surface area contributed by atoms with Crippen LogP contribution in [0, 0.1) is 0 Å². The molecular weight excluding hydrogens is 384 g/mol. The minimum Gasteiger partial charge on any atom is -0.495 e. The van der Waals surface area contributed by atoms with E-state index < -0.39 is 0 Å². The SMILES string of the molecule is COc1ccc(OC)c2c1sc(=NC(=O)c1ccc(-c3ccccc3)cc1)n2C. The Balaban J connectivity index is 1.73. The van der Waals surface area contributed by atoms with Gasteiger partial charge in [-0.25, -0.2) is 0 Å². The van der Waals surface area contributed by atoms with Gasteiger partial charge in [0.2, 0.25) is 0 Å². The molecule has 0 radical (unpaired) electrons. The standard InChI is InChI=1S/C23H20N2O3S/c1-25-20-18(27-2)13-14-19(28-3)21(20)29-23(25)24-22(26)17-11-9-16(10-12-17)15-7-5-4-6-8-15/h4-14H,1-3H3. The number of carbonyl (C=O) groups excluding carboxylic acids is 1. The molecule has 4 rings (SSSR count). The summed E-state index contributed by atoms with van der Waals surface area (Å²) in [6, 6.07) is 21.2. The Morgan fingerprint density at radius 2 is 1.48 bits per heavy atom. The van der Waals surface area contributed by atoms with Gasteiger partial charge in [0.25, 0.3) is 5.91 Å². The molecule has 0 N–H and O–H groups in total. The number of benzene rings is 3. The molecular formula is C23H20N2O3S. The van der Waals surface area contributed by atoms with E-state index in [0.29, 0.717) is 16.1 Å². The van der Waals surface area contributed by atoms with E-state index >= 15 is 0 Å². The second-order valence-electron chi connectivity index (χ2n) is 6.45. The maximum Gasteiger partial charge on any atom is 0.279 e. The molecule has 0 aliphatic heterocycles. The molecule has 0 spiro atoms. The van der Waals surface area contributed by atoms with Gasteiger partial charge in [-0.05, 0) is 35.4 Å². The molecule has 5 nitrogen and oxygen atoms in total. The Kier molecular flexibility index (Phi) is 5.18. The topological polar surface area (TPSA) is 52.8 Å². The summed E-state index contributed by atoms with van der Waals surface area (Å²) in [5.41, 5.74) is 3.56. The normalized spacial score (nSPS) is 11.6. The van der Waals surface area contributed by atoms with Crippen LogP contribution in [0.1, 0.15) is 10.4 Å². The summed E-state index contributed by atoms with van der Waals surface area (Å²) < 4.78 is 13.7. The van der Waals surface area contributed by atoms with E-state index in [1.54, 1.807) is 14.2 Å².